The molecule has 0 aliphatic carbocycles. The summed E-state index contributed by atoms with van der Waals surface area (Å²) in [4.78, 5) is 18.3. The first-order chi connectivity index (χ1) is 16.5. The molecule has 0 amide bonds. The van der Waals surface area contributed by atoms with Crippen LogP contribution in [0.3, 0.4) is 0 Å². The fourth-order valence-electron chi connectivity index (χ4n) is 3.66. The van der Waals surface area contributed by atoms with Crippen LogP contribution in [0.25, 0.3) is 22.1 Å². The number of methoxy groups -OCH3 is 1. The highest BCUT2D eigenvalue weighted by atomic mass is 79.9. The van der Waals surface area contributed by atoms with E-state index in [0.29, 0.717) is 34.2 Å². The average Bonchev–Trinajstić information content (AvgIpc) is 3.34. The van der Waals surface area contributed by atoms with Gasteiger partial charge in [0.1, 0.15) is 19.0 Å². The monoisotopic (exact) mass is 536 g/mol. The Kier molecular flexibility index (Phi) is 6.26. The molecule has 0 saturated carbocycles. The number of aromatic nitrogens is 2. The fourth-order valence-corrected chi connectivity index (χ4v) is 5.23. The van der Waals surface area contributed by atoms with Crippen LogP contribution in [0.15, 0.2) is 69.9 Å². The fraction of sp³-hybridized carbons (Fsp3) is 0.154. The lowest BCUT2D eigenvalue weighted by Gasteiger charge is -2.14. The minimum absolute atomic E-state index is 0.0858. The molecule has 0 fully saturated rings. The molecule has 3 aromatic carbocycles. The molecule has 2 heterocycles. The maximum Gasteiger partial charge on any atom is 0.274 e. The van der Waals surface area contributed by atoms with E-state index in [1.807, 2.05) is 73.7 Å². The molecule has 0 bridgehead atoms. The van der Waals surface area contributed by atoms with Crippen molar-refractivity contribution in [2.24, 2.45) is 0 Å². The number of halogens is 1. The third kappa shape index (κ3) is 4.38. The first-order valence-corrected chi connectivity index (χ1v) is 12.3. The molecule has 34 heavy (non-hydrogen) atoms. The van der Waals surface area contributed by atoms with Gasteiger partial charge in [0, 0.05) is 0 Å². The number of para-hydroxylation sites is 2. The van der Waals surface area contributed by atoms with Crippen LogP contribution >= 0.6 is 27.3 Å². The molecule has 5 aromatic rings. The van der Waals surface area contributed by atoms with Crippen LogP contribution in [-0.2, 0) is 0 Å². The minimum atomic E-state index is -0.0858. The van der Waals surface area contributed by atoms with Crippen molar-refractivity contribution < 1.29 is 14.2 Å². The standard InChI is InChI=1S/C26H21BrN2O4S/c1-16-7-9-18(10-8-16)32-11-12-33-24-19(27)13-17(14-22(24)31-2)15-23-25(30)29-21-6-4-3-5-20(21)28-26(29)34-23/h3-10,13-15H,11-12H2,1-2H3/b23-15-. The number of hydrogen-bond donors (Lipinski definition) is 0. The largest absolute Gasteiger partial charge is 0.493 e. The SMILES string of the molecule is COc1cc(/C=c2\sc3nc4ccccc4n3c2=O)cc(Br)c1OCCOc1ccc(C)cc1. The molecule has 0 unspecified atom stereocenters. The van der Waals surface area contributed by atoms with Gasteiger partial charge in [0.25, 0.3) is 5.56 Å². The molecular weight excluding hydrogens is 516 g/mol. The normalized spacial score (nSPS) is 11.9. The summed E-state index contributed by atoms with van der Waals surface area (Å²) in [6, 6.07) is 19.3. The van der Waals surface area contributed by atoms with Crippen LogP contribution in [0.2, 0.25) is 0 Å². The van der Waals surface area contributed by atoms with E-state index >= 15 is 0 Å². The lowest BCUT2D eigenvalue weighted by atomic mass is 10.2. The molecule has 2 aromatic heterocycles. The first-order valence-electron chi connectivity index (χ1n) is 10.6. The van der Waals surface area contributed by atoms with Crippen molar-refractivity contribution in [2.45, 2.75) is 6.92 Å². The molecule has 8 heteroatoms. The van der Waals surface area contributed by atoms with Crippen LogP contribution in [-0.4, -0.2) is 29.7 Å². The van der Waals surface area contributed by atoms with Crippen molar-refractivity contribution in [3.05, 3.63) is 91.1 Å². The Balaban J connectivity index is 1.38. The smallest absolute Gasteiger partial charge is 0.274 e. The van der Waals surface area contributed by atoms with Gasteiger partial charge in [-0.1, -0.05) is 41.2 Å². The van der Waals surface area contributed by atoms with Gasteiger partial charge in [-0.05, 0) is 70.9 Å². The number of hydrogen-bond acceptors (Lipinski definition) is 6. The zero-order valence-corrected chi connectivity index (χ0v) is 21.0. The number of aryl methyl sites for hydroxylation is 1. The van der Waals surface area contributed by atoms with Crippen LogP contribution in [0.4, 0.5) is 0 Å². The molecule has 0 atom stereocenters. The predicted octanol–water partition coefficient (Wildman–Crippen LogP) is 4.99. The highest BCUT2D eigenvalue weighted by Crippen LogP contribution is 2.37. The summed E-state index contributed by atoms with van der Waals surface area (Å²) in [6.45, 7) is 2.79. The molecule has 6 nitrogen and oxygen atoms in total. The Morgan fingerprint density at radius 3 is 2.62 bits per heavy atom. The number of rotatable bonds is 7. The van der Waals surface area contributed by atoms with Crippen LogP contribution in [0, 0.1) is 6.92 Å². The van der Waals surface area contributed by atoms with Crippen LogP contribution in [0.1, 0.15) is 11.1 Å². The Morgan fingerprint density at radius 1 is 1.06 bits per heavy atom. The summed E-state index contributed by atoms with van der Waals surface area (Å²) in [5, 5.41) is 0. The highest BCUT2D eigenvalue weighted by molar-refractivity contribution is 9.10. The van der Waals surface area contributed by atoms with Crippen molar-refractivity contribution in [3.63, 3.8) is 0 Å². The summed E-state index contributed by atoms with van der Waals surface area (Å²) < 4.78 is 20.2. The summed E-state index contributed by atoms with van der Waals surface area (Å²) >= 11 is 4.94. The maximum absolute atomic E-state index is 13.0. The van der Waals surface area contributed by atoms with Crippen molar-refractivity contribution in [3.8, 4) is 17.2 Å². The minimum Gasteiger partial charge on any atom is -0.493 e. The van der Waals surface area contributed by atoms with Gasteiger partial charge < -0.3 is 14.2 Å². The Hall–Kier alpha value is -3.36. The first kappa shape index (κ1) is 22.4. The summed E-state index contributed by atoms with van der Waals surface area (Å²) in [7, 11) is 1.59. The van der Waals surface area contributed by atoms with Gasteiger partial charge in [-0.15, -0.1) is 0 Å². The average molecular weight is 537 g/mol. The van der Waals surface area contributed by atoms with Crippen LogP contribution in [0.5, 0.6) is 17.2 Å². The van der Waals surface area contributed by atoms with Crippen LogP contribution < -0.4 is 24.3 Å². The Labute approximate surface area is 208 Å². The van der Waals surface area contributed by atoms with Crippen molar-refractivity contribution in [1.82, 2.24) is 9.38 Å². The van der Waals surface area contributed by atoms with Gasteiger partial charge >= 0.3 is 0 Å². The van der Waals surface area contributed by atoms with E-state index in [2.05, 4.69) is 20.9 Å². The highest BCUT2D eigenvalue weighted by Gasteiger charge is 2.13. The van der Waals surface area contributed by atoms with E-state index in [0.717, 1.165) is 26.8 Å². The number of nitrogens with zero attached hydrogens (tertiary/aromatic N) is 2. The van der Waals surface area contributed by atoms with Gasteiger partial charge in [-0.3, -0.25) is 4.79 Å². The summed E-state index contributed by atoms with van der Waals surface area (Å²) in [5.74, 6) is 1.95. The molecule has 0 saturated heterocycles. The second-order valence-corrected chi connectivity index (χ2v) is 9.54. The quantitative estimate of drug-likeness (QED) is 0.274. The number of benzene rings is 3. The van der Waals surface area contributed by atoms with Gasteiger partial charge in [0.2, 0.25) is 0 Å². The van der Waals surface area contributed by atoms with Crippen molar-refractivity contribution >= 4 is 49.3 Å². The zero-order valence-electron chi connectivity index (χ0n) is 18.6. The Bertz CT molecular complexity index is 1590. The maximum atomic E-state index is 13.0. The van der Waals surface area contributed by atoms with Gasteiger partial charge in [0.15, 0.2) is 16.5 Å². The van der Waals surface area contributed by atoms with Gasteiger partial charge in [-0.2, -0.15) is 0 Å². The third-order valence-electron chi connectivity index (χ3n) is 5.31. The molecule has 0 radical (unpaired) electrons. The predicted molar refractivity (Wildman–Crippen MR) is 138 cm³/mol. The van der Waals surface area contributed by atoms with Gasteiger partial charge in [0.05, 0.1) is 27.1 Å². The third-order valence-corrected chi connectivity index (χ3v) is 6.87. The number of imidazole rings is 1. The molecule has 5 rings (SSSR count). The van der Waals surface area contributed by atoms with E-state index in [1.165, 1.54) is 16.9 Å². The number of thiazole rings is 1. The van der Waals surface area contributed by atoms with Crippen molar-refractivity contribution in [2.75, 3.05) is 20.3 Å². The molecule has 0 spiro atoms. The van der Waals surface area contributed by atoms with Crippen molar-refractivity contribution in [1.29, 1.82) is 0 Å². The van der Waals surface area contributed by atoms with E-state index in [9.17, 15) is 4.79 Å². The zero-order chi connectivity index (χ0) is 23.7. The molecule has 0 aliphatic rings. The van der Waals surface area contributed by atoms with E-state index < -0.39 is 0 Å². The Morgan fingerprint density at radius 2 is 1.82 bits per heavy atom. The molecule has 0 N–H and O–H groups in total. The van der Waals surface area contributed by atoms with E-state index in [4.69, 9.17) is 14.2 Å². The lowest BCUT2D eigenvalue weighted by Crippen LogP contribution is -2.22. The lowest BCUT2D eigenvalue weighted by molar-refractivity contribution is 0.210. The second kappa shape index (κ2) is 9.48. The molecule has 0 aliphatic heterocycles. The topological polar surface area (TPSA) is 62.1 Å². The molecule has 172 valence electrons. The second-order valence-electron chi connectivity index (χ2n) is 7.68. The number of ether oxygens (including phenoxy) is 3. The number of fused-ring (bicyclic) bond motifs is 3. The summed E-state index contributed by atoms with van der Waals surface area (Å²) in [6.07, 6.45) is 1.84. The van der Waals surface area contributed by atoms with E-state index in [1.54, 1.807) is 11.5 Å². The summed E-state index contributed by atoms with van der Waals surface area (Å²) in [5.41, 5.74) is 3.54. The molecular formula is C26H21BrN2O4S. The van der Waals surface area contributed by atoms with E-state index in [-0.39, 0.29) is 5.56 Å². The van der Waals surface area contributed by atoms with Gasteiger partial charge in [-0.25, -0.2) is 9.38 Å².